The van der Waals surface area contributed by atoms with Gasteiger partial charge in [-0.2, -0.15) is 36.5 Å². The Balaban J connectivity index is 0.000000170. The molecule has 8 aromatic carbocycles. The first-order chi connectivity index (χ1) is 32.1. The van der Waals surface area contributed by atoms with Crippen LogP contribution < -0.4 is 9.44 Å². The Morgan fingerprint density at radius 2 is 0.838 bits per heavy atom. The predicted molar refractivity (Wildman–Crippen MR) is 255 cm³/mol. The summed E-state index contributed by atoms with van der Waals surface area (Å²) in [5, 5.41) is 15.3. The van der Waals surface area contributed by atoms with Gasteiger partial charge in [-0.3, -0.25) is 9.44 Å². The maximum absolute atomic E-state index is 13.6. The molecule has 10 rings (SSSR count). The van der Waals surface area contributed by atoms with Crippen molar-refractivity contribution in [2.45, 2.75) is 12.4 Å². The lowest BCUT2D eigenvalue weighted by Crippen LogP contribution is -2.10. The zero-order valence-electron chi connectivity index (χ0n) is 35.7. The number of aromatic nitrogens is 4. The fraction of sp³-hybridized carbons (Fsp3) is 0.0800. The highest BCUT2D eigenvalue weighted by Crippen LogP contribution is 2.38. The molecule has 0 aliphatic rings. The summed E-state index contributed by atoms with van der Waals surface area (Å²) in [5.74, 6) is 0. The van der Waals surface area contributed by atoms with Crippen molar-refractivity contribution in [3.8, 4) is 33.9 Å². The van der Waals surface area contributed by atoms with E-state index in [0.29, 0.717) is 33.9 Å². The van der Waals surface area contributed by atoms with Crippen LogP contribution >= 0.6 is 0 Å². The van der Waals surface area contributed by atoms with Crippen molar-refractivity contribution >= 4 is 74.5 Å². The average Bonchev–Trinajstić information content (AvgIpc) is 3.94. The van der Waals surface area contributed by atoms with Crippen molar-refractivity contribution in [1.29, 1.82) is 0 Å². The first kappa shape index (κ1) is 45.5. The van der Waals surface area contributed by atoms with Gasteiger partial charge in [0.15, 0.2) is 11.4 Å². The van der Waals surface area contributed by atoms with Crippen molar-refractivity contribution in [2.24, 2.45) is 0 Å². The normalized spacial score (nSPS) is 12.4. The number of hydrogen-bond acceptors (Lipinski definition) is 6. The quantitative estimate of drug-likeness (QED) is 0.115. The fourth-order valence-electron chi connectivity index (χ4n) is 7.89. The SMILES string of the molecule is CS(=O)(=O)Nc1ccc(-n2nc(C(F)(F)F)cc2-c2ccc3cc4ccccc4cc3c2)cc1.CS(=O)(=O)Nc1ccc(-n2nc(C(F)(F)F)cc2-c2cccc3cc4ccccc4cc23)cc1. The van der Waals surface area contributed by atoms with Crippen molar-refractivity contribution in [1.82, 2.24) is 19.6 Å². The number of sulfonamides is 2. The first-order valence-corrected chi connectivity index (χ1v) is 24.3. The van der Waals surface area contributed by atoms with Crippen LogP contribution in [0.3, 0.4) is 0 Å². The monoisotopic (exact) mass is 962 g/mol. The van der Waals surface area contributed by atoms with Crippen LogP contribution in [0.15, 0.2) is 170 Å². The standard InChI is InChI=1S/2C25H18F3N3O2S/c1-34(32,33)30-19-9-11-20(12-10-19)31-23(15-24(29-31)25(26,27)28)21-8-4-7-18-13-16-5-2-3-6-17(16)14-22(18)21;1-34(32,33)30-21-8-10-22(11-9-21)31-23(15-24(29-31)25(26,27)28)19-7-6-18-12-16-4-2-3-5-17(16)13-20(18)14-19/h2*2-15,30H,1H3. The van der Waals surface area contributed by atoms with Gasteiger partial charge in [0.2, 0.25) is 20.0 Å². The maximum Gasteiger partial charge on any atom is 0.435 e. The van der Waals surface area contributed by atoms with Gasteiger partial charge in [-0.1, -0.05) is 78.9 Å². The van der Waals surface area contributed by atoms with Gasteiger partial charge >= 0.3 is 12.4 Å². The minimum Gasteiger partial charge on any atom is -0.284 e. The second-order valence-electron chi connectivity index (χ2n) is 16.0. The van der Waals surface area contributed by atoms with Crippen LogP contribution in [0.25, 0.3) is 77.0 Å². The molecule has 68 heavy (non-hydrogen) atoms. The van der Waals surface area contributed by atoms with E-state index in [2.05, 4.69) is 19.6 Å². The Hall–Kier alpha value is -7.70. The molecule has 0 bridgehead atoms. The number of hydrogen-bond donors (Lipinski definition) is 2. The van der Waals surface area contributed by atoms with Crippen molar-refractivity contribution < 1.29 is 43.2 Å². The molecule has 0 atom stereocenters. The topological polar surface area (TPSA) is 128 Å². The van der Waals surface area contributed by atoms with Crippen LogP contribution in [0, 0.1) is 0 Å². The van der Waals surface area contributed by atoms with E-state index in [0.717, 1.165) is 67.7 Å². The molecule has 10 nitrogen and oxygen atoms in total. The lowest BCUT2D eigenvalue weighted by molar-refractivity contribution is -0.142. The molecule has 2 heterocycles. The average molecular weight is 963 g/mol. The second-order valence-corrected chi connectivity index (χ2v) is 19.5. The van der Waals surface area contributed by atoms with Crippen LogP contribution in [0.2, 0.25) is 0 Å². The summed E-state index contributed by atoms with van der Waals surface area (Å²) in [7, 11) is -6.96. The zero-order valence-corrected chi connectivity index (χ0v) is 37.3. The molecule has 0 fully saturated rings. The molecule has 0 aliphatic carbocycles. The predicted octanol–water partition coefficient (Wildman–Crippen LogP) is 12.5. The van der Waals surface area contributed by atoms with Gasteiger partial charge in [-0.05, 0) is 134 Å². The van der Waals surface area contributed by atoms with E-state index in [1.165, 1.54) is 57.9 Å². The minimum absolute atomic E-state index is 0.270. The van der Waals surface area contributed by atoms with E-state index < -0.39 is 43.8 Å². The highest BCUT2D eigenvalue weighted by Gasteiger charge is 2.36. The van der Waals surface area contributed by atoms with Crippen molar-refractivity contribution in [3.63, 3.8) is 0 Å². The van der Waals surface area contributed by atoms with E-state index in [1.807, 2.05) is 91.0 Å². The third-order valence-electron chi connectivity index (χ3n) is 10.9. The summed E-state index contributed by atoms with van der Waals surface area (Å²) in [6.07, 6.45) is -7.21. The number of halogens is 6. The number of alkyl halides is 6. The Kier molecular flexibility index (Phi) is 11.5. The molecule has 0 aliphatic heterocycles. The van der Waals surface area contributed by atoms with Crippen LogP contribution in [0.1, 0.15) is 11.4 Å². The smallest absolute Gasteiger partial charge is 0.284 e. The molecule has 2 aromatic heterocycles. The van der Waals surface area contributed by atoms with Gasteiger partial charge in [0.05, 0.1) is 35.3 Å². The molecule has 0 spiro atoms. The van der Waals surface area contributed by atoms with Crippen LogP contribution in [-0.2, 0) is 32.4 Å². The van der Waals surface area contributed by atoms with Crippen LogP contribution in [-0.4, -0.2) is 48.9 Å². The summed E-state index contributed by atoms with van der Waals surface area (Å²) in [4.78, 5) is 0. The first-order valence-electron chi connectivity index (χ1n) is 20.5. The van der Waals surface area contributed by atoms with E-state index in [-0.39, 0.29) is 11.4 Å². The summed E-state index contributed by atoms with van der Waals surface area (Å²) in [6, 6.07) is 48.7. The molecule has 10 aromatic rings. The van der Waals surface area contributed by atoms with Crippen LogP contribution in [0.5, 0.6) is 0 Å². The van der Waals surface area contributed by atoms with Gasteiger partial charge in [-0.15, -0.1) is 0 Å². The van der Waals surface area contributed by atoms with Gasteiger partial charge < -0.3 is 0 Å². The lowest BCUT2D eigenvalue weighted by atomic mass is 9.98. The number of anilines is 2. The Morgan fingerprint density at radius 3 is 1.32 bits per heavy atom. The third-order valence-corrected chi connectivity index (χ3v) is 12.1. The molecule has 0 amide bonds. The Bertz CT molecular complexity index is 3760. The van der Waals surface area contributed by atoms with Crippen molar-refractivity contribution in [3.05, 3.63) is 181 Å². The molecular formula is C50H36F6N6O4S2. The molecule has 0 saturated carbocycles. The second kappa shape index (κ2) is 17.2. The largest absolute Gasteiger partial charge is 0.435 e. The molecule has 18 heteroatoms. The van der Waals surface area contributed by atoms with E-state index in [1.54, 1.807) is 18.2 Å². The molecule has 344 valence electrons. The number of fused-ring (bicyclic) bond motifs is 4. The fourth-order valence-corrected chi connectivity index (χ4v) is 9.02. The highest BCUT2D eigenvalue weighted by atomic mass is 32.2. The Morgan fingerprint density at radius 1 is 0.426 bits per heavy atom. The number of rotatable bonds is 8. The summed E-state index contributed by atoms with van der Waals surface area (Å²) >= 11 is 0. The molecule has 0 unspecified atom stereocenters. The molecule has 0 saturated heterocycles. The van der Waals surface area contributed by atoms with E-state index >= 15 is 0 Å². The molecule has 0 radical (unpaired) electrons. The molecular weight excluding hydrogens is 927 g/mol. The van der Waals surface area contributed by atoms with Crippen LogP contribution in [0.4, 0.5) is 37.7 Å². The number of nitrogens with zero attached hydrogens (tertiary/aromatic N) is 4. The zero-order chi connectivity index (χ0) is 48.2. The van der Waals surface area contributed by atoms with E-state index in [4.69, 9.17) is 0 Å². The number of nitrogens with one attached hydrogen (secondary N) is 2. The highest BCUT2D eigenvalue weighted by molar-refractivity contribution is 7.92. The third kappa shape index (κ3) is 9.86. The maximum atomic E-state index is 13.6. The van der Waals surface area contributed by atoms with Crippen molar-refractivity contribution in [2.75, 3.05) is 22.0 Å². The summed E-state index contributed by atoms with van der Waals surface area (Å²) in [6.45, 7) is 0. The van der Waals surface area contributed by atoms with Gasteiger partial charge in [-0.25, -0.2) is 26.2 Å². The van der Waals surface area contributed by atoms with Gasteiger partial charge in [0.25, 0.3) is 0 Å². The van der Waals surface area contributed by atoms with Gasteiger partial charge in [0, 0.05) is 22.5 Å². The minimum atomic E-state index is -4.63. The number of benzene rings is 8. The lowest BCUT2D eigenvalue weighted by Gasteiger charge is -2.12. The molecule has 2 N–H and O–H groups in total. The van der Waals surface area contributed by atoms with Gasteiger partial charge in [0.1, 0.15) is 0 Å². The summed E-state index contributed by atoms with van der Waals surface area (Å²) < 4.78 is 134. The summed E-state index contributed by atoms with van der Waals surface area (Å²) in [5.41, 5.74) is 1.02. The van der Waals surface area contributed by atoms with E-state index in [9.17, 15) is 43.2 Å². The Labute approximate surface area is 385 Å².